The summed E-state index contributed by atoms with van der Waals surface area (Å²) in [4.78, 5) is 0. The minimum Gasteiger partial charge on any atom is -0.0984 e. The third-order valence-corrected chi connectivity index (χ3v) is 1.78. The summed E-state index contributed by atoms with van der Waals surface area (Å²) in [6.07, 6.45) is 3.72. The van der Waals surface area contributed by atoms with Crippen LogP contribution in [-0.4, -0.2) is 0 Å². The van der Waals surface area contributed by atoms with Crippen LogP contribution in [0.1, 0.15) is 30.5 Å². The van der Waals surface area contributed by atoms with Crippen LogP contribution in [-0.2, 0) is 0 Å². The Hall–Kier alpha value is -1.30. The summed E-state index contributed by atoms with van der Waals surface area (Å²) in [5.41, 5.74) is 3.58. The number of rotatable bonds is 2. The number of hydrogen-bond donors (Lipinski definition) is 0. The summed E-state index contributed by atoms with van der Waals surface area (Å²) in [6.45, 7) is 13.6. The van der Waals surface area contributed by atoms with E-state index in [0.29, 0.717) is 0 Å². The van der Waals surface area contributed by atoms with Gasteiger partial charge in [0.1, 0.15) is 0 Å². The molecule has 0 spiro atoms. The minimum absolute atomic E-state index is 1.15. The van der Waals surface area contributed by atoms with E-state index in [0.717, 1.165) is 5.56 Å². The molecule has 0 heterocycles. The molecule has 0 nitrogen and oxygen atoms in total. The molecule has 0 amide bonds. The van der Waals surface area contributed by atoms with Crippen LogP contribution >= 0.6 is 0 Å². The fourth-order valence-corrected chi connectivity index (χ4v) is 1.16. The molecule has 0 fully saturated rings. The molecule has 0 aliphatic carbocycles. The Balaban J connectivity index is 0.000000671. The van der Waals surface area contributed by atoms with E-state index in [-0.39, 0.29) is 0 Å². The first-order chi connectivity index (χ1) is 6.29. The lowest BCUT2D eigenvalue weighted by Crippen LogP contribution is -1.83. The van der Waals surface area contributed by atoms with E-state index in [2.05, 4.69) is 26.1 Å². The Morgan fingerprint density at radius 1 is 1.08 bits per heavy atom. The first kappa shape index (κ1) is 11.7. The first-order valence-electron chi connectivity index (χ1n) is 4.64. The molecule has 0 saturated carbocycles. The number of benzene rings is 1. The second kappa shape index (κ2) is 6.24. The maximum atomic E-state index is 3.75. The van der Waals surface area contributed by atoms with Gasteiger partial charge in [-0.2, -0.15) is 0 Å². The van der Waals surface area contributed by atoms with Crippen molar-refractivity contribution in [3.63, 3.8) is 0 Å². The molecule has 0 atom stereocenters. The number of hydrogen-bond acceptors (Lipinski definition) is 0. The van der Waals surface area contributed by atoms with Crippen molar-refractivity contribution in [2.45, 2.75) is 20.8 Å². The van der Waals surface area contributed by atoms with Gasteiger partial charge in [-0.15, -0.1) is 0 Å². The largest absolute Gasteiger partial charge is 0.0984 e. The van der Waals surface area contributed by atoms with Gasteiger partial charge in [-0.1, -0.05) is 57.4 Å². The molecule has 70 valence electrons. The van der Waals surface area contributed by atoms with Crippen molar-refractivity contribution in [3.05, 3.63) is 48.0 Å². The second-order valence-corrected chi connectivity index (χ2v) is 2.49. The van der Waals surface area contributed by atoms with Gasteiger partial charge in [0.25, 0.3) is 0 Å². The smallest absolute Gasteiger partial charge is 0.0161 e. The zero-order chi connectivity index (χ0) is 10.3. The van der Waals surface area contributed by atoms with E-state index < -0.39 is 0 Å². The van der Waals surface area contributed by atoms with Crippen LogP contribution < -0.4 is 0 Å². The quantitative estimate of drug-likeness (QED) is 0.626. The van der Waals surface area contributed by atoms with Crippen LogP contribution in [0.2, 0.25) is 0 Å². The molecular weight excluding hydrogens is 156 g/mol. The highest BCUT2D eigenvalue weighted by molar-refractivity contribution is 5.65. The molecule has 0 radical (unpaired) electrons. The van der Waals surface area contributed by atoms with Gasteiger partial charge in [-0.25, -0.2) is 0 Å². The highest BCUT2D eigenvalue weighted by Crippen LogP contribution is 2.15. The van der Waals surface area contributed by atoms with Gasteiger partial charge in [0, 0.05) is 0 Å². The lowest BCUT2D eigenvalue weighted by molar-refractivity contribution is 1.43. The van der Waals surface area contributed by atoms with Gasteiger partial charge in [0.2, 0.25) is 0 Å². The predicted octanol–water partition coefficient (Wildman–Crippen LogP) is 4.31. The van der Waals surface area contributed by atoms with Crippen molar-refractivity contribution < 1.29 is 0 Å². The standard InChI is InChI=1S/C11H12.C2H6/c1-4-10-8-6-7-9(3)11(10)5-2;1-2/h4-8H,1-2H2,3H3;1-2H3. The summed E-state index contributed by atoms with van der Waals surface area (Å²) in [7, 11) is 0. The molecule has 0 saturated heterocycles. The highest BCUT2D eigenvalue weighted by Gasteiger charge is 1.96. The molecule has 0 unspecified atom stereocenters. The third-order valence-electron chi connectivity index (χ3n) is 1.78. The van der Waals surface area contributed by atoms with Crippen molar-refractivity contribution in [2.75, 3.05) is 0 Å². The van der Waals surface area contributed by atoms with E-state index in [1.165, 1.54) is 11.1 Å². The fourth-order valence-electron chi connectivity index (χ4n) is 1.16. The maximum absolute atomic E-state index is 3.75. The SMILES string of the molecule is C=Cc1cccc(C)c1C=C.CC. The van der Waals surface area contributed by atoms with Gasteiger partial charge in [-0.3, -0.25) is 0 Å². The van der Waals surface area contributed by atoms with Crippen molar-refractivity contribution in [2.24, 2.45) is 0 Å². The van der Waals surface area contributed by atoms with E-state index in [9.17, 15) is 0 Å². The second-order valence-electron chi connectivity index (χ2n) is 2.49. The van der Waals surface area contributed by atoms with Crippen LogP contribution in [0.4, 0.5) is 0 Å². The predicted molar refractivity (Wildman–Crippen MR) is 62.7 cm³/mol. The average molecular weight is 174 g/mol. The average Bonchev–Trinajstić information content (AvgIpc) is 2.20. The monoisotopic (exact) mass is 174 g/mol. The Labute approximate surface area is 81.6 Å². The topological polar surface area (TPSA) is 0 Å². The molecule has 1 rings (SSSR count). The van der Waals surface area contributed by atoms with Gasteiger partial charge in [0.15, 0.2) is 0 Å². The first-order valence-corrected chi connectivity index (χ1v) is 4.64. The molecule has 0 aliphatic rings. The van der Waals surface area contributed by atoms with Gasteiger partial charge < -0.3 is 0 Å². The lowest BCUT2D eigenvalue weighted by Gasteiger charge is -2.03. The van der Waals surface area contributed by atoms with Crippen molar-refractivity contribution in [1.82, 2.24) is 0 Å². The van der Waals surface area contributed by atoms with Crippen LogP contribution in [0.25, 0.3) is 12.2 Å². The fraction of sp³-hybridized carbons (Fsp3) is 0.231. The summed E-state index contributed by atoms with van der Waals surface area (Å²) in [6, 6.07) is 6.14. The molecule has 0 aliphatic heterocycles. The van der Waals surface area contributed by atoms with Crippen LogP contribution in [0.5, 0.6) is 0 Å². The summed E-state index contributed by atoms with van der Waals surface area (Å²) in [5, 5.41) is 0. The van der Waals surface area contributed by atoms with Crippen molar-refractivity contribution in [1.29, 1.82) is 0 Å². The molecule has 1 aromatic rings. The van der Waals surface area contributed by atoms with Crippen molar-refractivity contribution in [3.8, 4) is 0 Å². The maximum Gasteiger partial charge on any atom is -0.0161 e. The van der Waals surface area contributed by atoms with E-state index in [1.807, 2.05) is 38.1 Å². The van der Waals surface area contributed by atoms with Gasteiger partial charge in [-0.05, 0) is 23.6 Å². The molecule has 0 N–H and O–H groups in total. The summed E-state index contributed by atoms with van der Waals surface area (Å²) < 4.78 is 0. The minimum atomic E-state index is 1.15. The number of aryl methyl sites for hydroxylation is 1. The Morgan fingerprint density at radius 3 is 2.08 bits per heavy atom. The molecular formula is C13H18. The van der Waals surface area contributed by atoms with Crippen LogP contribution in [0.3, 0.4) is 0 Å². The molecule has 13 heavy (non-hydrogen) atoms. The lowest BCUT2D eigenvalue weighted by atomic mass is 10.0. The molecule has 0 bridgehead atoms. The van der Waals surface area contributed by atoms with Crippen LogP contribution in [0.15, 0.2) is 31.4 Å². The Morgan fingerprint density at radius 2 is 1.69 bits per heavy atom. The molecule has 1 aromatic carbocycles. The van der Waals surface area contributed by atoms with E-state index >= 15 is 0 Å². The molecule has 0 aromatic heterocycles. The van der Waals surface area contributed by atoms with Crippen LogP contribution in [0, 0.1) is 6.92 Å². The Bertz CT molecular complexity index is 282. The Kier molecular flexibility index (Phi) is 5.62. The third kappa shape index (κ3) is 2.90. The summed E-state index contributed by atoms with van der Waals surface area (Å²) in [5.74, 6) is 0. The normalized spacial score (nSPS) is 8.23. The van der Waals surface area contributed by atoms with E-state index in [1.54, 1.807) is 0 Å². The highest BCUT2D eigenvalue weighted by atomic mass is 14.0. The zero-order valence-corrected chi connectivity index (χ0v) is 8.80. The van der Waals surface area contributed by atoms with Crippen molar-refractivity contribution >= 4 is 12.2 Å². The van der Waals surface area contributed by atoms with E-state index in [4.69, 9.17) is 0 Å². The molecule has 0 heteroatoms. The zero-order valence-electron chi connectivity index (χ0n) is 8.80. The van der Waals surface area contributed by atoms with Gasteiger partial charge in [0.05, 0.1) is 0 Å². The summed E-state index contributed by atoms with van der Waals surface area (Å²) >= 11 is 0. The van der Waals surface area contributed by atoms with Gasteiger partial charge >= 0.3 is 0 Å².